The topological polar surface area (TPSA) is 64.4 Å². The first-order chi connectivity index (χ1) is 9.61. The van der Waals surface area contributed by atoms with Crippen LogP contribution in [0.5, 0.6) is 5.75 Å². The Hall–Kier alpha value is -2.56. The molecule has 0 amide bonds. The van der Waals surface area contributed by atoms with Gasteiger partial charge in [-0.2, -0.15) is 0 Å². The van der Waals surface area contributed by atoms with Gasteiger partial charge in [0.05, 0.1) is 23.2 Å². The third-order valence-electron chi connectivity index (χ3n) is 3.23. The Labute approximate surface area is 115 Å². The van der Waals surface area contributed by atoms with Gasteiger partial charge in [0.1, 0.15) is 5.75 Å². The van der Waals surface area contributed by atoms with E-state index in [1.165, 1.54) is 4.57 Å². The van der Waals surface area contributed by atoms with E-state index in [9.17, 15) is 9.90 Å². The third kappa shape index (κ3) is 1.79. The van der Waals surface area contributed by atoms with E-state index in [0.717, 1.165) is 16.5 Å². The summed E-state index contributed by atoms with van der Waals surface area (Å²) in [6.45, 7) is 3.96. The molecule has 0 atom stereocenters. The third-order valence-corrected chi connectivity index (χ3v) is 3.23. The highest BCUT2D eigenvalue weighted by atomic mass is 16.5. The first-order valence-electron chi connectivity index (χ1n) is 6.39. The number of aromatic hydroxyl groups is 1. The van der Waals surface area contributed by atoms with Gasteiger partial charge in [-0.1, -0.05) is 6.07 Å². The van der Waals surface area contributed by atoms with Gasteiger partial charge in [-0.3, -0.25) is 4.57 Å². The van der Waals surface area contributed by atoms with E-state index in [-0.39, 0.29) is 5.75 Å². The van der Waals surface area contributed by atoms with E-state index < -0.39 is 6.09 Å². The number of carbonyl (C=O) groups is 1. The summed E-state index contributed by atoms with van der Waals surface area (Å²) < 4.78 is 6.36. The van der Waals surface area contributed by atoms with Crippen LogP contribution in [0.3, 0.4) is 0 Å². The minimum Gasteiger partial charge on any atom is -0.507 e. The Balaban J connectivity index is 2.28. The molecule has 0 fully saturated rings. The van der Waals surface area contributed by atoms with Crippen molar-refractivity contribution in [2.75, 3.05) is 6.61 Å². The lowest BCUT2D eigenvalue weighted by Gasteiger charge is -2.10. The van der Waals surface area contributed by atoms with Crippen LogP contribution >= 0.6 is 0 Å². The monoisotopic (exact) mass is 270 g/mol. The molecule has 0 saturated carbocycles. The largest absolute Gasteiger partial charge is 0.507 e. The van der Waals surface area contributed by atoms with Crippen LogP contribution in [-0.4, -0.2) is 27.4 Å². The number of ether oxygens (including phenoxy) is 1. The quantitative estimate of drug-likeness (QED) is 0.737. The predicted octanol–water partition coefficient (Wildman–Crippen LogP) is 3.16. The molecule has 2 aliphatic heterocycles. The van der Waals surface area contributed by atoms with Gasteiger partial charge >= 0.3 is 6.09 Å². The smallest absolute Gasteiger partial charge is 0.418 e. The predicted molar refractivity (Wildman–Crippen MR) is 75.2 cm³/mol. The van der Waals surface area contributed by atoms with Gasteiger partial charge in [0.2, 0.25) is 0 Å². The summed E-state index contributed by atoms with van der Waals surface area (Å²) in [5, 5.41) is 10.7. The number of aromatic nitrogens is 2. The van der Waals surface area contributed by atoms with Gasteiger partial charge in [0.15, 0.2) is 0 Å². The molecule has 5 heteroatoms. The summed E-state index contributed by atoms with van der Waals surface area (Å²) in [5.74, 6) is 0.196. The van der Waals surface area contributed by atoms with Crippen molar-refractivity contribution in [2.45, 2.75) is 13.8 Å². The molecule has 0 bridgehead atoms. The minimum atomic E-state index is -0.436. The number of benzene rings is 1. The number of fused-ring (bicyclic) bond motifs is 3. The molecule has 1 aromatic rings. The van der Waals surface area contributed by atoms with Gasteiger partial charge in [-0.15, -0.1) is 0 Å². The standard InChI is InChI=1S/C15H14N2O3/c1-3-20-15(19)17-7-9(2)13-11(8-17)16-10-5-4-6-12(18)14(10)13/h4-8,18H,3H2,1-2H3. The van der Waals surface area contributed by atoms with E-state index in [1.54, 1.807) is 31.5 Å². The fraction of sp³-hybridized carbons (Fsp3) is 0.200. The summed E-state index contributed by atoms with van der Waals surface area (Å²) in [6.07, 6.45) is 2.88. The van der Waals surface area contributed by atoms with E-state index in [1.807, 2.05) is 13.0 Å². The number of hydrogen-bond acceptors (Lipinski definition) is 4. The van der Waals surface area contributed by atoms with Crippen LogP contribution in [0.25, 0.3) is 22.2 Å². The minimum absolute atomic E-state index is 0.196. The zero-order valence-corrected chi connectivity index (χ0v) is 11.3. The van der Waals surface area contributed by atoms with Crippen LogP contribution in [0, 0.1) is 6.92 Å². The summed E-state index contributed by atoms with van der Waals surface area (Å²) in [5.41, 5.74) is 3.09. The Kier molecular flexibility index (Phi) is 2.82. The number of rotatable bonds is 1. The number of aryl methyl sites for hydroxylation is 1. The number of pyridine rings is 1. The molecule has 0 aromatic heterocycles. The van der Waals surface area contributed by atoms with Crippen LogP contribution in [-0.2, 0) is 4.74 Å². The van der Waals surface area contributed by atoms with Crippen molar-refractivity contribution in [3.05, 3.63) is 36.2 Å². The van der Waals surface area contributed by atoms with Gasteiger partial charge in [-0.05, 0) is 31.5 Å². The molecular formula is C15H14N2O3. The first kappa shape index (κ1) is 12.5. The molecule has 20 heavy (non-hydrogen) atoms. The van der Waals surface area contributed by atoms with Crippen LogP contribution in [0.4, 0.5) is 4.79 Å². The number of carbonyl (C=O) groups excluding carboxylic acids is 1. The van der Waals surface area contributed by atoms with Crippen molar-refractivity contribution in [3.63, 3.8) is 0 Å². The molecule has 0 spiro atoms. The maximum absolute atomic E-state index is 11.8. The lowest BCUT2D eigenvalue weighted by molar-refractivity contribution is 0.153. The van der Waals surface area contributed by atoms with E-state index >= 15 is 0 Å². The Morgan fingerprint density at radius 2 is 2.20 bits per heavy atom. The average molecular weight is 270 g/mol. The molecule has 3 rings (SSSR count). The van der Waals surface area contributed by atoms with Crippen molar-refractivity contribution < 1.29 is 14.6 Å². The second kappa shape index (κ2) is 4.52. The number of hydrogen-bond donors (Lipinski definition) is 1. The molecular weight excluding hydrogens is 256 g/mol. The second-order valence-electron chi connectivity index (χ2n) is 4.59. The summed E-state index contributed by atoms with van der Waals surface area (Å²) in [6, 6.07) is 5.22. The SMILES string of the molecule is CCOC(=O)n1cc2nc3cccc(O)c3c-2c(C)c1. The van der Waals surface area contributed by atoms with Crippen molar-refractivity contribution in [2.24, 2.45) is 0 Å². The fourth-order valence-electron chi connectivity index (χ4n) is 2.43. The summed E-state index contributed by atoms with van der Waals surface area (Å²) in [4.78, 5) is 16.2. The lowest BCUT2D eigenvalue weighted by Crippen LogP contribution is -2.14. The van der Waals surface area contributed by atoms with Gasteiger partial charge in [-0.25, -0.2) is 9.78 Å². The Morgan fingerprint density at radius 1 is 1.40 bits per heavy atom. The highest BCUT2D eigenvalue weighted by Gasteiger charge is 2.19. The molecule has 0 aliphatic carbocycles. The molecule has 2 aliphatic rings. The first-order valence-corrected chi connectivity index (χ1v) is 6.39. The van der Waals surface area contributed by atoms with E-state index in [4.69, 9.17) is 4.74 Å². The maximum Gasteiger partial charge on any atom is 0.418 e. The molecule has 102 valence electrons. The molecule has 1 N–H and O–H groups in total. The average Bonchev–Trinajstić information content (AvgIpc) is 2.79. The second-order valence-corrected chi connectivity index (χ2v) is 4.59. The van der Waals surface area contributed by atoms with Crippen molar-refractivity contribution >= 4 is 17.0 Å². The fourth-order valence-corrected chi connectivity index (χ4v) is 2.43. The molecule has 1 aromatic carbocycles. The van der Waals surface area contributed by atoms with Gasteiger partial charge in [0.25, 0.3) is 0 Å². The number of phenolic OH excluding ortho intramolecular Hbond substituents is 1. The molecule has 0 unspecified atom stereocenters. The normalized spacial score (nSPS) is 11.1. The van der Waals surface area contributed by atoms with Crippen molar-refractivity contribution in [1.82, 2.24) is 9.55 Å². The number of phenols is 1. The highest BCUT2D eigenvalue weighted by molar-refractivity contribution is 6.02. The molecule has 0 radical (unpaired) electrons. The van der Waals surface area contributed by atoms with Crippen LogP contribution in [0.1, 0.15) is 12.5 Å². The Morgan fingerprint density at radius 3 is 2.95 bits per heavy atom. The van der Waals surface area contributed by atoms with Crippen LogP contribution in [0.2, 0.25) is 0 Å². The van der Waals surface area contributed by atoms with E-state index in [0.29, 0.717) is 17.8 Å². The van der Waals surface area contributed by atoms with Crippen LogP contribution in [0.15, 0.2) is 30.6 Å². The summed E-state index contributed by atoms with van der Waals surface area (Å²) in [7, 11) is 0. The number of nitrogens with zero attached hydrogens (tertiary/aromatic N) is 2. The van der Waals surface area contributed by atoms with Gasteiger partial charge < -0.3 is 9.84 Å². The zero-order valence-electron chi connectivity index (χ0n) is 11.3. The van der Waals surface area contributed by atoms with E-state index in [2.05, 4.69) is 4.98 Å². The van der Waals surface area contributed by atoms with Crippen LogP contribution < -0.4 is 0 Å². The molecule has 0 saturated heterocycles. The molecule has 2 heterocycles. The summed E-state index contributed by atoms with van der Waals surface area (Å²) >= 11 is 0. The molecule has 5 nitrogen and oxygen atoms in total. The lowest BCUT2D eigenvalue weighted by atomic mass is 10.0. The van der Waals surface area contributed by atoms with Gasteiger partial charge in [0, 0.05) is 18.0 Å². The van der Waals surface area contributed by atoms with Crippen molar-refractivity contribution in [3.8, 4) is 17.0 Å². The Bertz CT molecular complexity index is 776. The maximum atomic E-state index is 11.8. The van der Waals surface area contributed by atoms with Crippen molar-refractivity contribution in [1.29, 1.82) is 0 Å². The zero-order chi connectivity index (χ0) is 14.3. The highest BCUT2D eigenvalue weighted by Crippen LogP contribution is 2.38.